The number of carbonyl (C=O) groups excluding carboxylic acids is 2. The molecule has 2 aliphatic rings. The number of fused-ring (bicyclic) bond motifs is 1. The molecule has 0 bridgehead atoms. The molecule has 1 heterocycles. The van der Waals surface area contributed by atoms with Gasteiger partial charge in [0.1, 0.15) is 0 Å². The minimum atomic E-state index is -0.0520. The molecule has 2 fully saturated rings. The van der Waals surface area contributed by atoms with Gasteiger partial charge in [0.25, 0.3) is 0 Å². The molecular weight excluding hydrogens is 254 g/mol. The molecular formula is C16H27NO3. The third-order valence-corrected chi connectivity index (χ3v) is 5.08. The van der Waals surface area contributed by atoms with E-state index in [9.17, 15) is 9.59 Å². The number of amides is 2. The maximum absolute atomic E-state index is 12.4. The summed E-state index contributed by atoms with van der Waals surface area (Å²) in [4.78, 5) is 26.4. The summed E-state index contributed by atoms with van der Waals surface area (Å²) in [5.74, 6) is 0.792. The fourth-order valence-corrected chi connectivity index (χ4v) is 3.89. The molecule has 2 amide bonds. The SMILES string of the molecule is CCCC(CCO)CN1C(=O)C2CC(CC)CC2C1=O. The highest BCUT2D eigenvalue weighted by molar-refractivity contribution is 6.05. The van der Waals surface area contributed by atoms with Crippen molar-refractivity contribution in [1.29, 1.82) is 0 Å². The van der Waals surface area contributed by atoms with Gasteiger partial charge in [0.2, 0.25) is 11.8 Å². The van der Waals surface area contributed by atoms with Gasteiger partial charge in [0, 0.05) is 13.2 Å². The van der Waals surface area contributed by atoms with Gasteiger partial charge >= 0.3 is 0 Å². The third kappa shape index (κ3) is 2.90. The number of hydrogen-bond acceptors (Lipinski definition) is 3. The van der Waals surface area contributed by atoms with Gasteiger partial charge in [-0.3, -0.25) is 14.5 Å². The Hall–Kier alpha value is -0.900. The Bertz CT molecular complexity index is 339. The predicted molar refractivity (Wildman–Crippen MR) is 76.8 cm³/mol. The molecule has 0 aromatic rings. The Morgan fingerprint density at radius 1 is 1.15 bits per heavy atom. The molecule has 114 valence electrons. The molecule has 1 N–H and O–H groups in total. The fraction of sp³-hybridized carbons (Fsp3) is 0.875. The Labute approximate surface area is 121 Å². The first-order chi connectivity index (χ1) is 9.62. The molecule has 4 nitrogen and oxygen atoms in total. The van der Waals surface area contributed by atoms with Gasteiger partial charge in [-0.25, -0.2) is 0 Å². The summed E-state index contributed by atoms with van der Waals surface area (Å²) in [6.07, 6.45) is 5.51. The van der Waals surface area contributed by atoms with Crippen LogP contribution in [0, 0.1) is 23.7 Å². The van der Waals surface area contributed by atoms with Crippen molar-refractivity contribution in [1.82, 2.24) is 4.90 Å². The number of rotatable bonds is 7. The molecule has 4 heteroatoms. The first-order valence-electron chi connectivity index (χ1n) is 8.08. The van der Waals surface area contributed by atoms with Gasteiger partial charge in [0.05, 0.1) is 11.8 Å². The highest BCUT2D eigenvalue weighted by atomic mass is 16.3. The van der Waals surface area contributed by atoms with E-state index in [1.807, 2.05) is 0 Å². The van der Waals surface area contributed by atoms with Crippen LogP contribution in [-0.4, -0.2) is 35.0 Å². The largest absolute Gasteiger partial charge is 0.396 e. The van der Waals surface area contributed by atoms with Gasteiger partial charge in [0.15, 0.2) is 0 Å². The topological polar surface area (TPSA) is 57.6 Å². The Morgan fingerprint density at radius 3 is 2.20 bits per heavy atom. The number of aliphatic hydroxyl groups is 1. The number of carbonyl (C=O) groups is 2. The highest BCUT2D eigenvalue weighted by Gasteiger charge is 2.52. The van der Waals surface area contributed by atoms with Gasteiger partial charge < -0.3 is 5.11 Å². The lowest BCUT2D eigenvalue weighted by Crippen LogP contribution is -2.36. The van der Waals surface area contributed by atoms with E-state index in [0.717, 1.165) is 32.1 Å². The monoisotopic (exact) mass is 281 g/mol. The first-order valence-corrected chi connectivity index (χ1v) is 8.08. The van der Waals surface area contributed by atoms with Crippen molar-refractivity contribution in [3.05, 3.63) is 0 Å². The summed E-state index contributed by atoms with van der Waals surface area (Å²) in [6, 6.07) is 0. The minimum Gasteiger partial charge on any atom is -0.396 e. The van der Waals surface area contributed by atoms with E-state index in [1.165, 1.54) is 4.90 Å². The number of aliphatic hydroxyl groups excluding tert-OH is 1. The number of likely N-dealkylation sites (tertiary alicyclic amines) is 1. The zero-order chi connectivity index (χ0) is 14.7. The lowest BCUT2D eigenvalue weighted by Gasteiger charge is -2.23. The van der Waals surface area contributed by atoms with Gasteiger partial charge in [-0.1, -0.05) is 26.7 Å². The van der Waals surface area contributed by atoms with Crippen molar-refractivity contribution in [2.75, 3.05) is 13.2 Å². The lowest BCUT2D eigenvalue weighted by molar-refractivity contribution is -0.141. The summed E-state index contributed by atoms with van der Waals surface area (Å²) in [5, 5.41) is 9.11. The molecule has 0 aromatic heterocycles. The van der Waals surface area contributed by atoms with E-state index in [-0.39, 0.29) is 36.2 Å². The third-order valence-electron chi connectivity index (χ3n) is 5.08. The molecule has 1 aliphatic heterocycles. The van der Waals surface area contributed by atoms with Crippen LogP contribution in [0.3, 0.4) is 0 Å². The molecule has 1 aliphatic carbocycles. The summed E-state index contributed by atoms with van der Waals surface area (Å²) in [7, 11) is 0. The molecule has 3 atom stereocenters. The molecule has 0 radical (unpaired) electrons. The van der Waals surface area contributed by atoms with E-state index in [0.29, 0.717) is 18.9 Å². The van der Waals surface area contributed by atoms with Crippen LogP contribution >= 0.6 is 0 Å². The Kier molecular flexibility index (Phi) is 5.19. The standard InChI is InChI=1S/C16H27NO3/c1-3-5-12(6-7-18)10-17-15(19)13-8-11(4-2)9-14(13)16(17)20/h11-14,18H,3-10H2,1-2H3. The normalized spacial score (nSPS) is 30.9. The van der Waals surface area contributed by atoms with E-state index < -0.39 is 0 Å². The van der Waals surface area contributed by atoms with Crippen molar-refractivity contribution in [2.45, 2.75) is 52.4 Å². The second-order valence-corrected chi connectivity index (χ2v) is 6.41. The molecule has 20 heavy (non-hydrogen) atoms. The van der Waals surface area contributed by atoms with Gasteiger partial charge in [-0.15, -0.1) is 0 Å². The predicted octanol–water partition coefficient (Wildman–Crippen LogP) is 2.21. The molecule has 0 aromatic carbocycles. The van der Waals surface area contributed by atoms with Crippen LogP contribution < -0.4 is 0 Å². The van der Waals surface area contributed by atoms with Gasteiger partial charge in [-0.2, -0.15) is 0 Å². The van der Waals surface area contributed by atoms with Crippen LogP contribution in [0.15, 0.2) is 0 Å². The number of imide groups is 1. The molecule has 3 unspecified atom stereocenters. The van der Waals surface area contributed by atoms with Crippen LogP contribution in [0.4, 0.5) is 0 Å². The Balaban J connectivity index is 2.00. The van der Waals surface area contributed by atoms with Crippen molar-refractivity contribution < 1.29 is 14.7 Å². The van der Waals surface area contributed by atoms with E-state index in [4.69, 9.17) is 5.11 Å². The van der Waals surface area contributed by atoms with E-state index in [2.05, 4.69) is 13.8 Å². The summed E-state index contributed by atoms with van der Waals surface area (Å²) in [6.45, 7) is 4.87. The van der Waals surface area contributed by atoms with E-state index in [1.54, 1.807) is 0 Å². The van der Waals surface area contributed by atoms with Crippen molar-refractivity contribution in [2.24, 2.45) is 23.7 Å². The van der Waals surface area contributed by atoms with E-state index >= 15 is 0 Å². The van der Waals surface area contributed by atoms with Crippen molar-refractivity contribution in [3.8, 4) is 0 Å². The quantitative estimate of drug-likeness (QED) is 0.728. The zero-order valence-corrected chi connectivity index (χ0v) is 12.7. The number of nitrogens with zero attached hydrogens (tertiary/aromatic N) is 1. The number of hydrogen-bond donors (Lipinski definition) is 1. The lowest BCUT2D eigenvalue weighted by atomic mass is 9.99. The molecule has 1 saturated carbocycles. The maximum atomic E-state index is 12.4. The van der Waals surface area contributed by atoms with Crippen LogP contribution in [-0.2, 0) is 9.59 Å². The van der Waals surface area contributed by atoms with Crippen LogP contribution in [0.2, 0.25) is 0 Å². The van der Waals surface area contributed by atoms with Crippen molar-refractivity contribution >= 4 is 11.8 Å². The molecule has 2 rings (SSSR count). The highest BCUT2D eigenvalue weighted by Crippen LogP contribution is 2.44. The van der Waals surface area contributed by atoms with Crippen LogP contribution in [0.25, 0.3) is 0 Å². The second kappa shape index (κ2) is 6.70. The average molecular weight is 281 g/mol. The van der Waals surface area contributed by atoms with Gasteiger partial charge in [-0.05, 0) is 37.5 Å². The Morgan fingerprint density at radius 2 is 1.75 bits per heavy atom. The average Bonchev–Trinajstić information content (AvgIpc) is 2.95. The fourth-order valence-electron chi connectivity index (χ4n) is 3.89. The zero-order valence-electron chi connectivity index (χ0n) is 12.7. The smallest absolute Gasteiger partial charge is 0.233 e. The summed E-state index contributed by atoms with van der Waals surface area (Å²) >= 11 is 0. The minimum absolute atomic E-state index is 0.0509. The first kappa shape index (κ1) is 15.5. The molecule has 1 saturated heterocycles. The summed E-state index contributed by atoms with van der Waals surface area (Å²) < 4.78 is 0. The second-order valence-electron chi connectivity index (χ2n) is 6.41. The molecule has 0 spiro atoms. The summed E-state index contributed by atoms with van der Waals surface area (Å²) in [5.41, 5.74) is 0. The maximum Gasteiger partial charge on any atom is 0.233 e. The van der Waals surface area contributed by atoms with Crippen molar-refractivity contribution in [3.63, 3.8) is 0 Å². The van der Waals surface area contributed by atoms with Crippen LogP contribution in [0.1, 0.15) is 52.4 Å². The van der Waals surface area contributed by atoms with Crippen LogP contribution in [0.5, 0.6) is 0 Å².